The molecule has 154 valence electrons. The fourth-order valence-corrected chi connectivity index (χ4v) is 3.85. The van der Waals surface area contributed by atoms with Gasteiger partial charge in [0.05, 0.1) is 35.2 Å². The van der Waals surface area contributed by atoms with Gasteiger partial charge in [0.25, 0.3) is 0 Å². The fraction of sp³-hybridized carbons (Fsp3) is 0.286. The van der Waals surface area contributed by atoms with Crippen LogP contribution in [0, 0.1) is 0 Å². The van der Waals surface area contributed by atoms with E-state index in [-0.39, 0.29) is 17.3 Å². The molecule has 9 heteroatoms. The summed E-state index contributed by atoms with van der Waals surface area (Å²) in [6.07, 6.45) is 7.05. The number of piperidine rings is 1. The third-order valence-electron chi connectivity index (χ3n) is 5.40. The van der Waals surface area contributed by atoms with Crippen LogP contribution in [0.4, 0.5) is 5.69 Å². The Hall–Kier alpha value is -3.75. The van der Waals surface area contributed by atoms with Crippen LogP contribution < -0.4 is 11.1 Å². The van der Waals surface area contributed by atoms with Gasteiger partial charge >= 0.3 is 11.8 Å². The van der Waals surface area contributed by atoms with Crippen molar-refractivity contribution in [3.63, 3.8) is 0 Å². The Morgan fingerprint density at radius 1 is 1.13 bits per heavy atom. The number of rotatable bonds is 3. The first kappa shape index (κ1) is 19.6. The van der Waals surface area contributed by atoms with Gasteiger partial charge in [0, 0.05) is 25.2 Å². The number of aryl methyl sites for hydroxylation is 1. The number of hydrogen-bond acceptors (Lipinski definition) is 5. The van der Waals surface area contributed by atoms with E-state index in [9.17, 15) is 14.4 Å². The van der Waals surface area contributed by atoms with Gasteiger partial charge in [-0.2, -0.15) is 5.10 Å². The summed E-state index contributed by atoms with van der Waals surface area (Å²) >= 11 is 0. The predicted octanol–water partition coefficient (Wildman–Crippen LogP) is 1.76. The largest absolute Gasteiger partial charge is 0.366 e. The van der Waals surface area contributed by atoms with E-state index in [1.807, 2.05) is 25.2 Å². The molecule has 0 radical (unpaired) electrons. The Bertz CT molecular complexity index is 1140. The van der Waals surface area contributed by atoms with E-state index in [0.717, 1.165) is 35.7 Å². The van der Waals surface area contributed by atoms with Crippen molar-refractivity contribution in [2.24, 2.45) is 12.8 Å². The highest BCUT2D eigenvalue weighted by Gasteiger charge is 2.32. The van der Waals surface area contributed by atoms with Crippen LogP contribution in [0.5, 0.6) is 0 Å². The minimum absolute atomic E-state index is 0.153. The van der Waals surface area contributed by atoms with Gasteiger partial charge in [-0.15, -0.1) is 0 Å². The van der Waals surface area contributed by atoms with Gasteiger partial charge in [-0.05, 0) is 37.0 Å². The van der Waals surface area contributed by atoms with Crippen molar-refractivity contribution in [3.8, 4) is 0 Å². The van der Waals surface area contributed by atoms with Crippen molar-refractivity contribution >= 4 is 34.3 Å². The monoisotopic (exact) mass is 406 g/mol. The maximum absolute atomic E-state index is 13.0. The second-order valence-corrected chi connectivity index (χ2v) is 7.38. The molecule has 3 heterocycles. The molecule has 3 N–H and O–H groups in total. The number of primary amides is 1. The summed E-state index contributed by atoms with van der Waals surface area (Å²) in [5, 5.41) is 7.81. The molecule has 1 aliphatic rings. The number of nitrogens with zero attached hydrogens (tertiary/aromatic N) is 4. The van der Waals surface area contributed by atoms with Crippen LogP contribution >= 0.6 is 0 Å². The smallest absolute Gasteiger partial charge is 0.313 e. The molecule has 1 atom stereocenters. The number of likely N-dealkylation sites (tertiary alicyclic amines) is 1. The van der Waals surface area contributed by atoms with E-state index in [2.05, 4.69) is 15.4 Å². The number of nitrogens with one attached hydrogen (secondary N) is 1. The summed E-state index contributed by atoms with van der Waals surface area (Å²) < 4.78 is 1.79. The van der Waals surface area contributed by atoms with Gasteiger partial charge in [0.15, 0.2) is 0 Å². The SMILES string of the molecule is Cn1ncc2ccc([C@@H]3CCCCN3C(=O)C(=O)Nc3cncc(C(N)=O)c3)cc21. The summed E-state index contributed by atoms with van der Waals surface area (Å²) in [7, 11) is 1.87. The van der Waals surface area contributed by atoms with Crippen LogP contribution in [0.15, 0.2) is 42.9 Å². The second kappa shape index (κ2) is 7.94. The molecule has 3 amide bonds. The van der Waals surface area contributed by atoms with Crippen molar-refractivity contribution in [1.82, 2.24) is 19.7 Å². The maximum Gasteiger partial charge on any atom is 0.313 e. The molecule has 2 aromatic heterocycles. The van der Waals surface area contributed by atoms with E-state index in [1.165, 1.54) is 18.5 Å². The lowest BCUT2D eigenvalue weighted by Gasteiger charge is -2.35. The molecule has 1 aromatic carbocycles. The number of nitrogens with two attached hydrogens (primary N) is 1. The van der Waals surface area contributed by atoms with E-state index in [1.54, 1.807) is 15.8 Å². The highest BCUT2D eigenvalue weighted by Crippen LogP contribution is 2.32. The number of carbonyl (C=O) groups is 3. The third-order valence-corrected chi connectivity index (χ3v) is 5.40. The summed E-state index contributed by atoms with van der Waals surface area (Å²) in [6.45, 7) is 0.500. The molecule has 0 bridgehead atoms. The van der Waals surface area contributed by atoms with Crippen molar-refractivity contribution in [1.29, 1.82) is 0 Å². The minimum atomic E-state index is -0.771. The lowest BCUT2D eigenvalue weighted by Crippen LogP contribution is -2.44. The first-order chi connectivity index (χ1) is 14.4. The Morgan fingerprint density at radius 2 is 1.97 bits per heavy atom. The molecule has 1 fully saturated rings. The van der Waals surface area contributed by atoms with Crippen LogP contribution in [-0.2, 0) is 16.6 Å². The average molecular weight is 406 g/mol. The first-order valence-electron chi connectivity index (χ1n) is 9.72. The number of benzene rings is 1. The number of carbonyl (C=O) groups excluding carboxylic acids is 3. The van der Waals surface area contributed by atoms with Crippen LogP contribution in [0.2, 0.25) is 0 Å². The molecule has 0 unspecified atom stereocenters. The van der Waals surface area contributed by atoms with E-state index < -0.39 is 17.7 Å². The Kier molecular flexibility index (Phi) is 5.18. The van der Waals surface area contributed by atoms with Crippen LogP contribution in [-0.4, -0.2) is 43.9 Å². The summed E-state index contributed by atoms with van der Waals surface area (Å²) in [4.78, 5) is 42.4. The molecule has 3 aromatic rings. The molecule has 1 aliphatic heterocycles. The van der Waals surface area contributed by atoms with Crippen molar-refractivity contribution in [2.75, 3.05) is 11.9 Å². The summed E-state index contributed by atoms with van der Waals surface area (Å²) in [5.74, 6) is -2.05. The van der Waals surface area contributed by atoms with Crippen molar-refractivity contribution in [3.05, 3.63) is 54.0 Å². The predicted molar refractivity (Wildman–Crippen MR) is 110 cm³/mol. The van der Waals surface area contributed by atoms with Crippen LogP contribution in [0.25, 0.3) is 10.9 Å². The third kappa shape index (κ3) is 3.73. The number of amides is 3. The zero-order valence-electron chi connectivity index (χ0n) is 16.5. The molecule has 4 rings (SSSR count). The molecule has 9 nitrogen and oxygen atoms in total. The molecule has 0 saturated carbocycles. The normalized spacial score (nSPS) is 16.4. The lowest BCUT2D eigenvalue weighted by atomic mass is 9.94. The van der Waals surface area contributed by atoms with Gasteiger partial charge in [-0.3, -0.25) is 24.0 Å². The van der Waals surface area contributed by atoms with Crippen molar-refractivity contribution in [2.45, 2.75) is 25.3 Å². The number of anilines is 1. The molecular formula is C21H22N6O3. The first-order valence-corrected chi connectivity index (χ1v) is 9.72. The standard InChI is InChI=1S/C21H22N6O3/c1-26-18-9-13(5-6-14(18)11-24-26)17-4-2-3-7-27(17)21(30)20(29)25-16-8-15(19(22)28)10-23-12-16/h5-6,8-12,17H,2-4,7H2,1H3,(H2,22,28)(H,25,29)/t17-/m0/s1. The summed E-state index contributed by atoms with van der Waals surface area (Å²) in [5.41, 5.74) is 7.59. The van der Waals surface area contributed by atoms with E-state index in [0.29, 0.717) is 6.54 Å². The Labute approximate surface area is 172 Å². The fourth-order valence-electron chi connectivity index (χ4n) is 3.85. The average Bonchev–Trinajstić information content (AvgIpc) is 3.13. The van der Waals surface area contributed by atoms with Gasteiger partial charge in [-0.25, -0.2) is 0 Å². The van der Waals surface area contributed by atoms with Gasteiger partial charge in [-0.1, -0.05) is 12.1 Å². The quantitative estimate of drug-likeness (QED) is 0.642. The zero-order chi connectivity index (χ0) is 21.3. The van der Waals surface area contributed by atoms with Crippen molar-refractivity contribution < 1.29 is 14.4 Å². The summed E-state index contributed by atoms with van der Waals surface area (Å²) in [6, 6.07) is 7.20. The van der Waals surface area contributed by atoms with Crippen LogP contribution in [0.1, 0.15) is 41.2 Å². The Balaban J connectivity index is 1.56. The minimum Gasteiger partial charge on any atom is -0.366 e. The maximum atomic E-state index is 13.0. The molecule has 1 saturated heterocycles. The Morgan fingerprint density at radius 3 is 2.77 bits per heavy atom. The number of aromatic nitrogens is 3. The van der Waals surface area contributed by atoms with Gasteiger partial charge in [0.1, 0.15) is 0 Å². The van der Waals surface area contributed by atoms with E-state index >= 15 is 0 Å². The highest BCUT2D eigenvalue weighted by atomic mass is 16.2. The lowest BCUT2D eigenvalue weighted by molar-refractivity contribution is -0.145. The van der Waals surface area contributed by atoms with Gasteiger partial charge in [0.2, 0.25) is 5.91 Å². The zero-order valence-corrected chi connectivity index (χ0v) is 16.5. The van der Waals surface area contributed by atoms with Crippen LogP contribution in [0.3, 0.4) is 0 Å². The molecule has 0 spiro atoms. The molecule has 0 aliphatic carbocycles. The van der Waals surface area contributed by atoms with Gasteiger partial charge < -0.3 is 16.0 Å². The van der Waals surface area contributed by atoms with E-state index in [4.69, 9.17) is 5.73 Å². The topological polar surface area (TPSA) is 123 Å². The molecule has 30 heavy (non-hydrogen) atoms. The molecular weight excluding hydrogens is 384 g/mol. The highest BCUT2D eigenvalue weighted by molar-refractivity contribution is 6.39. The number of pyridine rings is 1. The second-order valence-electron chi connectivity index (χ2n) is 7.38. The number of fused-ring (bicyclic) bond motifs is 1. The number of hydrogen-bond donors (Lipinski definition) is 2.